The zero-order valence-electron chi connectivity index (χ0n) is 24.7. The highest BCUT2D eigenvalue weighted by Gasteiger charge is 2.56. The number of hydrogen-bond acceptors (Lipinski definition) is 9. The van der Waals surface area contributed by atoms with Crippen molar-refractivity contribution in [3.8, 4) is 0 Å². The molecule has 4 aromatic rings. The van der Waals surface area contributed by atoms with E-state index in [0.29, 0.717) is 35.0 Å². The van der Waals surface area contributed by atoms with Crippen LogP contribution in [0.3, 0.4) is 0 Å². The maximum Gasteiger partial charge on any atom is 0.167 e. The second kappa shape index (κ2) is 10.4. The average molecular weight is 595 g/mol. The first-order valence-electron chi connectivity index (χ1n) is 14.9. The van der Waals surface area contributed by atoms with E-state index in [4.69, 9.17) is 36.5 Å². The number of halogens is 1. The molecule has 224 valence electrons. The molecule has 3 aromatic heterocycles. The van der Waals surface area contributed by atoms with Gasteiger partial charge in [-0.15, -0.1) is 0 Å². The van der Waals surface area contributed by atoms with Crippen LogP contribution in [-0.4, -0.2) is 77.1 Å². The lowest BCUT2D eigenvalue weighted by molar-refractivity contribution is -0.199. The third-order valence-electron chi connectivity index (χ3n) is 9.12. The molecule has 4 atom stereocenters. The molecule has 1 aromatic carbocycles. The number of fused-ring (bicyclic) bond motifs is 3. The predicted octanol–water partition coefficient (Wildman–Crippen LogP) is 4.79. The molecule has 11 nitrogen and oxygen atoms in total. The van der Waals surface area contributed by atoms with E-state index >= 15 is 0 Å². The van der Waals surface area contributed by atoms with Gasteiger partial charge >= 0.3 is 0 Å². The molecule has 5 heterocycles. The number of anilines is 1. The fourth-order valence-electron chi connectivity index (χ4n) is 6.93. The molecule has 0 unspecified atom stereocenters. The van der Waals surface area contributed by atoms with Crippen molar-refractivity contribution in [1.29, 1.82) is 0 Å². The van der Waals surface area contributed by atoms with E-state index in [1.54, 1.807) is 6.33 Å². The van der Waals surface area contributed by atoms with Gasteiger partial charge in [-0.05, 0) is 77.5 Å². The Morgan fingerprint density at radius 2 is 1.95 bits per heavy atom. The fourth-order valence-corrected chi connectivity index (χ4v) is 7.09. The molecule has 1 saturated carbocycles. The van der Waals surface area contributed by atoms with Gasteiger partial charge in [0, 0.05) is 30.1 Å². The van der Waals surface area contributed by atoms with Crippen LogP contribution in [0, 0.1) is 12.8 Å². The first kappa shape index (κ1) is 28.0. The maximum absolute atomic E-state index is 6.70. The molecule has 0 spiro atoms. The van der Waals surface area contributed by atoms with Crippen molar-refractivity contribution >= 4 is 39.6 Å². The minimum Gasteiger partial charge on any atom is -0.382 e. The summed E-state index contributed by atoms with van der Waals surface area (Å²) in [7, 11) is 0. The Hall–Kier alpha value is -2.83. The number of aromatic amines is 1. The number of aryl methyl sites for hydroxylation is 2. The number of nitrogens with two attached hydrogens (primary N) is 1. The Bertz CT molecular complexity index is 1570. The molecule has 3 fully saturated rings. The zero-order chi connectivity index (χ0) is 29.3. The molecule has 2 aliphatic heterocycles. The molecule has 7 rings (SSSR count). The molecule has 0 amide bonds. The summed E-state index contributed by atoms with van der Waals surface area (Å²) in [5, 5.41) is 0.759. The third kappa shape index (κ3) is 4.94. The van der Waals surface area contributed by atoms with Crippen molar-refractivity contribution in [2.45, 2.75) is 103 Å². The Kier molecular flexibility index (Phi) is 6.93. The third-order valence-corrected chi connectivity index (χ3v) is 9.53. The molecule has 12 heteroatoms. The Labute approximate surface area is 250 Å². The van der Waals surface area contributed by atoms with Crippen molar-refractivity contribution in [1.82, 2.24) is 34.4 Å². The van der Waals surface area contributed by atoms with E-state index in [0.717, 1.165) is 46.8 Å². The first-order valence-corrected chi connectivity index (χ1v) is 15.3. The molecule has 0 radical (unpaired) electrons. The molecular weight excluding hydrogens is 556 g/mol. The highest BCUT2D eigenvalue weighted by Crippen LogP contribution is 2.45. The number of aromatic nitrogens is 6. The van der Waals surface area contributed by atoms with Gasteiger partial charge in [0.2, 0.25) is 0 Å². The zero-order valence-corrected chi connectivity index (χ0v) is 25.5. The molecule has 3 N–H and O–H groups in total. The summed E-state index contributed by atoms with van der Waals surface area (Å²) >= 11 is 6.30. The normalized spacial score (nSPS) is 28.8. The van der Waals surface area contributed by atoms with Crippen LogP contribution in [0.1, 0.15) is 64.6 Å². The van der Waals surface area contributed by atoms with E-state index in [-0.39, 0.29) is 18.3 Å². The highest BCUT2D eigenvalue weighted by molar-refractivity contribution is 6.32. The SMILES string of the molecule is Cc1cc2[nH]c(CCC3CC(N(C[C@H]4O[C@@H](n5cnc6c(N)ncnc65)[C@@H]5OC(C)(C)O[C@@H]54)C(C)C)C3)nc2cc1Cl. The monoisotopic (exact) mass is 594 g/mol. The number of nitrogen functional groups attached to an aromatic ring is 1. The average Bonchev–Trinajstić information content (AvgIpc) is 3.65. The van der Waals surface area contributed by atoms with Crippen LogP contribution >= 0.6 is 11.6 Å². The number of H-pyrrole nitrogens is 1. The van der Waals surface area contributed by atoms with Crippen LogP contribution < -0.4 is 5.73 Å². The van der Waals surface area contributed by atoms with E-state index in [2.05, 4.69) is 44.7 Å². The van der Waals surface area contributed by atoms with Gasteiger partial charge in [-0.2, -0.15) is 0 Å². The topological polar surface area (TPSA) is 129 Å². The molecule has 42 heavy (non-hydrogen) atoms. The molecule has 1 aliphatic carbocycles. The van der Waals surface area contributed by atoms with Gasteiger partial charge in [0.25, 0.3) is 0 Å². The van der Waals surface area contributed by atoms with Crippen molar-refractivity contribution in [3.05, 3.63) is 41.2 Å². The summed E-state index contributed by atoms with van der Waals surface area (Å²) in [6.45, 7) is 11.2. The summed E-state index contributed by atoms with van der Waals surface area (Å²) in [6.07, 6.45) is 6.47. The summed E-state index contributed by atoms with van der Waals surface area (Å²) in [5.74, 6) is 1.35. The van der Waals surface area contributed by atoms with Gasteiger partial charge in [-0.3, -0.25) is 9.47 Å². The van der Waals surface area contributed by atoms with Gasteiger partial charge < -0.3 is 24.9 Å². The Morgan fingerprint density at radius 3 is 2.74 bits per heavy atom. The van der Waals surface area contributed by atoms with E-state index in [1.807, 2.05) is 31.4 Å². The van der Waals surface area contributed by atoms with Gasteiger partial charge in [-0.1, -0.05) is 11.6 Å². The van der Waals surface area contributed by atoms with Crippen molar-refractivity contribution in [3.63, 3.8) is 0 Å². The minimum atomic E-state index is -0.703. The lowest BCUT2D eigenvalue weighted by Gasteiger charge is -2.46. The van der Waals surface area contributed by atoms with Crippen molar-refractivity contribution in [2.75, 3.05) is 12.3 Å². The smallest absolute Gasteiger partial charge is 0.167 e. The van der Waals surface area contributed by atoms with Crippen LogP contribution in [0.25, 0.3) is 22.2 Å². The Morgan fingerprint density at radius 1 is 1.17 bits per heavy atom. The predicted molar refractivity (Wildman–Crippen MR) is 160 cm³/mol. The number of imidazole rings is 2. The van der Waals surface area contributed by atoms with Crippen LogP contribution in [-0.2, 0) is 20.6 Å². The van der Waals surface area contributed by atoms with Gasteiger partial charge in [-0.25, -0.2) is 19.9 Å². The summed E-state index contributed by atoms with van der Waals surface area (Å²) in [6, 6.07) is 4.90. The number of hydrogen-bond donors (Lipinski definition) is 2. The standard InChI is InChI=1S/C30H39ClN8O3/c1-15(2)38(18-9-17(10-18)6-7-23-36-20-8-16(3)19(31)11-21(20)37-23)12-22-25-26(42-30(4,5)41-25)29(40-22)39-14-35-24-27(32)33-13-34-28(24)39/h8,11,13-15,17-18,22,25-26,29H,6-7,9-10,12H2,1-5H3,(H,36,37)(H2,32,33,34)/t17?,18?,22-,25-,26-,29-/m1/s1. The van der Waals surface area contributed by atoms with E-state index in [1.165, 1.54) is 19.2 Å². The van der Waals surface area contributed by atoms with Crippen LogP contribution in [0.5, 0.6) is 0 Å². The van der Waals surface area contributed by atoms with Gasteiger partial charge in [0.05, 0.1) is 17.4 Å². The van der Waals surface area contributed by atoms with E-state index < -0.39 is 12.0 Å². The number of ether oxygens (including phenoxy) is 3. The second-order valence-corrected chi connectivity index (χ2v) is 13.2. The second-order valence-electron chi connectivity index (χ2n) is 12.8. The van der Waals surface area contributed by atoms with Crippen LogP contribution in [0.15, 0.2) is 24.8 Å². The molecule has 0 bridgehead atoms. The van der Waals surface area contributed by atoms with Crippen LogP contribution in [0.2, 0.25) is 5.02 Å². The molecule has 3 aliphatic rings. The fraction of sp³-hybridized carbons (Fsp3) is 0.600. The van der Waals surface area contributed by atoms with Gasteiger partial charge in [0.15, 0.2) is 23.5 Å². The number of benzene rings is 1. The molecular formula is C30H39ClN8O3. The molecule has 2 saturated heterocycles. The highest BCUT2D eigenvalue weighted by atomic mass is 35.5. The first-order chi connectivity index (χ1) is 20.1. The van der Waals surface area contributed by atoms with Gasteiger partial charge in [0.1, 0.15) is 36.0 Å². The lowest BCUT2D eigenvalue weighted by Crippen LogP contribution is -2.52. The van der Waals surface area contributed by atoms with E-state index in [9.17, 15) is 0 Å². The summed E-state index contributed by atoms with van der Waals surface area (Å²) < 4.78 is 21.4. The van der Waals surface area contributed by atoms with Crippen molar-refractivity contribution in [2.24, 2.45) is 5.92 Å². The minimum absolute atomic E-state index is 0.161. The number of rotatable bonds is 8. The number of nitrogens with one attached hydrogen (secondary N) is 1. The lowest BCUT2D eigenvalue weighted by atomic mass is 9.76. The van der Waals surface area contributed by atoms with Crippen molar-refractivity contribution < 1.29 is 14.2 Å². The Balaban J connectivity index is 1.02. The summed E-state index contributed by atoms with van der Waals surface area (Å²) in [4.78, 5) is 23.8. The quantitative estimate of drug-likeness (QED) is 0.296. The summed E-state index contributed by atoms with van der Waals surface area (Å²) in [5.41, 5.74) is 10.3. The number of nitrogens with zero attached hydrogens (tertiary/aromatic N) is 6. The maximum atomic E-state index is 6.70. The van der Waals surface area contributed by atoms with Crippen LogP contribution in [0.4, 0.5) is 5.82 Å². The largest absolute Gasteiger partial charge is 0.382 e.